The molecule has 0 bridgehead atoms. The molecule has 2 atom stereocenters. The van der Waals surface area contributed by atoms with E-state index in [2.05, 4.69) is 69.5 Å². The zero-order valence-electron chi connectivity index (χ0n) is 15.4. The van der Waals surface area contributed by atoms with E-state index >= 15 is 0 Å². The summed E-state index contributed by atoms with van der Waals surface area (Å²) >= 11 is 0. The van der Waals surface area contributed by atoms with Crippen molar-refractivity contribution in [1.82, 2.24) is 4.90 Å². The normalized spacial score (nSPS) is 22.5. The van der Waals surface area contributed by atoms with E-state index in [-0.39, 0.29) is 0 Å². The molecule has 2 rings (SSSR count). The maximum absolute atomic E-state index is 4.43. The Labute approximate surface area is 143 Å². The zero-order chi connectivity index (χ0) is 16.8. The van der Waals surface area contributed by atoms with Crippen molar-refractivity contribution in [1.29, 1.82) is 0 Å². The fraction of sp³-hybridized carbons (Fsp3) is 0.545. The lowest BCUT2D eigenvalue weighted by Gasteiger charge is -2.35. The molecule has 0 N–H and O–H groups in total. The minimum absolute atomic E-state index is 0.628. The summed E-state index contributed by atoms with van der Waals surface area (Å²) in [7, 11) is 0. The number of hydrogen-bond acceptors (Lipinski definition) is 1. The first-order valence-corrected chi connectivity index (χ1v) is 9.15. The summed E-state index contributed by atoms with van der Waals surface area (Å²) in [5.74, 6) is 0.872. The molecule has 0 spiro atoms. The molecule has 126 valence electrons. The van der Waals surface area contributed by atoms with Gasteiger partial charge in [-0.05, 0) is 57.1 Å². The third-order valence-electron chi connectivity index (χ3n) is 5.34. The van der Waals surface area contributed by atoms with Crippen LogP contribution >= 0.6 is 0 Å². The van der Waals surface area contributed by atoms with E-state index in [9.17, 15) is 0 Å². The minimum atomic E-state index is 0.628. The topological polar surface area (TPSA) is 3.24 Å². The predicted molar refractivity (Wildman–Crippen MR) is 101 cm³/mol. The third kappa shape index (κ3) is 4.99. The van der Waals surface area contributed by atoms with Crippen molar-refractivity contribution in [3.05, 3.63) is 59.3 Å². The Morgan fingerprint density at radius 1 is 1.26 bits per heavy atom. The van der Waals surface area contributed by atoms with Gasteiger partial charge in [0.05, 0.1) is 0 Å². The highest BCUT2D eigenvalue weighted by molar-refractivity contribution is 5.28. The van der Waals surface area contributed by atoms with Crippen LogP contribution in [0.4, 0.5) is 0 Å². The summed E-state index contributed by atoms with van der Waals surface area (Å²) in [6.07, 6.45) is 8.85. The minimum Gasteiger partial charge on any atom is -0.364 e. The van der Waals surface area contributed by atoms with Crippen LogP contribution in [0.15, 0.2) is 48.2 Å². The fourth-order valence-corrected chi connectivity index (χ4v) is 3.62. The molecule has 1 aromatic rings. The molecule has 1 heteroatoms. The molecule has 0 amide bonds. The van der Waals surface area contributed by atoms with Crippen molar-refractivity contribution in [3.8, 4) is 0 Å². The summed E-state index contributed by atoms with van der Waals surface area (Å²) < 4.78 is 0. The van der Waals surface area contributed by atoms with Gasteiger partial charge in [0, 0.05) is 18.3 Å². The highest BCUT2D eigenvalue weighted by Crippen LogP contribution is 2.30. The summed E-state index contributed by atoms with van der Waals surface area (Å²) in [6, 6.07) is 9.53. The average Bonchev–Trinajstić information content (AvgIpc) is 2.76. The Kier molecular flexibility index (Phi) is 6.50. The lowest BCUT2D eigenvalue weighted by Crippen LogP contribution is -2.34. The molecule has 2 unspecified atom stereocenters. The Bertz CT molecular complexity index is 555. The van der Waals surface area contributed by atoms with Gasteiger partial charge in [0.1, 0.15) is 0 Å². The second kappa shape index (κ2) is 8.38. The van der Waals surface area contributed by atoms with E-state index in [1.54, 1.807) is 0 Å². The summed E-state index contributed by atoms with van der Waals surface area (Å²) in [6.45, 7) is 14.3. The Morgan fingerprint density at radius 3 is 2.74 bits per heavy atom. The van der Waals surface area contributed by atoms with Gasteiger partial charge in [-0.2, -0.15) is 0 Å². The van der Waals surface area contributed by atoms with Crippen LogP contribution in [0.3, 0.4) is 0 Å². The highest BCUT2D eigenvalue weighted by atomic mass is 15.2. The van der Waals surface area contributed by atoms with Crippen molar-refractivity contribution in [2.75, 3.05) is 0 Å². The van der Waals surface area contributed by atoms with E-state index in [1.165, 1.54) is 54.5 Å². The van der Waals surface area contributed by atoms with Gasteiger partial charge in [-0.25, -0.2) is 0 Å². The second-order valence-corrected chi connectivity index (χ2v) is 7.30. The van der Waals surface area contributed by atoms with Crippen LogP contribution in [0, 0.1) is 12.8 Å². The van der Waals surface area contributed by atoms with Gasteiger partial charge >= 0.3 is 0 Å². The molecule has 1 aliphatic rings. The molecule has 1 aromatic carbocycles. The largest absolute Gasteiger partial charge is 0.364 e. The fourth-order valence-electron chi connectivity index (χ4n) is 3.62. The van der Waals surface area contributed by atoms with Gasteiger partial charge in [-0.3, -0.25) is 0 Å². The van der Waals surface area contributed by atoms with Crippen LogP contribution < -0.4 is 0 Å². The predicted octanol–water partition coefficient (Wildman–Crippen LogP) is 6.25. The van der Waals surface area contributed by atoms with Crippen molar-refractivity contribution in [2.24, 2.45) is 5.92 Å². The first-order valence-electron chi connectivity index (χ1n) is 9.15. The van der Waals surface area contributed by atoms with Crippen LogP contribution in [0.1, 0.15) is 64.0 Å². The lowest BCUT2D eigenvalue weighted by molar-refractivity contribution is 0.225. The SMILES string of the molecule is C=C(/C(C)=C/C)N(Cc1cccc(C)c1)C1CCCC(C)CC1. The number of rotatable bonds is 5. The van der Waals surface area contributed by atoms with Crippen molar-refractivity contribution < 1.29 is 0 Å². The maximum atomic E-state index is 4.43. The molecule has 1 saturated carbocycles. The van der Waals surface area contributed by atoms with E-state index in [1.807, 2.05) is 0 Å². The first kappa shape index (κ1) is 17.8. The Morgan fingerprint density at radius 2 is 2.04 bits per heavy atom. The van der Waals surface area contributed by atoms with Crippen LogP contribution in [0.2, 0.25) is 0 Å². The monoisotopic (exact) mass is 311 g/mol. The Balaban J connectivity index is 2.22. The van der Waals surface area contributed by atoms with Gasteiger partial charge in [-0.1, -0.05) is 62.2 Å². The smallest absolute Gasteiger partial charge is 0.0432 e. The summed E-state index contributed by atoms with van der Waals surface area (Å²) in [5, 5.41) is 0. The van der Waals surface area contributed by atoms with Crippen molar-refractivity contribution in [3.63, 3.8) is 0 Å². The van der Waals surface area contributed by atoms with Crippen LogP contribution in [-0.2, 0) is 6.54 Å². The number of allylic oxidation sites excluding steroid dienone is 2. The number of benzene rings is 1. The van der Waals surface area contributed by atoms with Crippen LogP contribution in [0.5, 0.6) is 0 Å². The third-order valence-corrected chi connectivity index (χ3v) is 5.34. The lowest BCUT2D eigenvalue weighted by atomic mass is 10.0. The van der Waals surface area contributed by atoms with Gasteiger partial charge in [0.25, 0.3) is 0 Å². The number of hydrogen-bond donors (Lipinski definition) is 0. The molecular weight excluding hydrogens is 278 g/mol. The number of aryl methyl sites for hydroxylation is 1. The molecule has 0 heterocycles. The summed E-state index contributed by atoms with van der Waals surface area (Å²) in [5.41, 5.74) is 5.24. The van der Waals surface area contributed by atoms with Crippen LogP contribution in [0.25, 0.3) is 0 Å². The maximum Gasteiger partial charge on any atom is 0.0432 e. The van der Waals surface area contributed by atoms with Crippen molar-refractivity contribution >= 4 is 0 Å². The van der Waals surface area contributed by atoms with E-state index in [0.29, 0.717) is 6.04 Å². The number of nitrogens with zero attached hydrogens (tertiary/aromatic N) is 1. The molecule has 1 fully saturated rings. The van der Waals surface area contributed by atoms with Crippen molar-refractivity contribution in [2.45, 2.75) is 72.4 Å². The van der Waals surface area contributed by atoms with E-state index in [4.69, 9.17) is 0 Å². The molecular formula is C22H33N. The quantitative estimate of drug-likeness (QED) is 0.459. The second-order valence-electron chi connectivity index (χ2n) is 7.30. The van der Waals surface area contributed by atoms with Gasteiger partial charge < -0.3 is 4.90 Å². The standard InChI is InChI=1S/C22H33N/c1-6-19(4)20(5)23(16-21-11-7-10-18(3)15-21)22-12-8-9-17(2)13-14-22/h6-7,10-11,15,17,22H,5,8-9,12-14,16H2,1-4H3/b19-6+. The van der Waals surface area contributed by atoms with E-state index < -0.39 is 0 Å². The van der Waals surface area contributed by atoms with Gasteiger partial charge in [-0.15, -0.1) is 0 Å². The molecule has 0 saturated heterocycles. The average molecular weight is 312 g/mol. The Hall–Kier alpha value is -1.50. The van der Waals surface area contributed by atoms with Gasteiger partial charge in [0.15, 0.2) is 0 Å². The highest BCUT2D eigenvalue weighted by Gasteiger charge is 2.24. The molecule has 1 aliphatic carbocycles. The zero-order valence-corrected chi connectivity index (χ0v) is 15.4. The molecule has 23 heavy (non-hydrogen) atoms. The van der Waals surface area contributed by atoms with E-state index in [0.717, 1.165) is 12.5 Å². The summed E-state index contributed by atoms with van der Waals surface area (Å²) in [4.78, 5) is 2.57. The van der Waals surface area contributed by atoms with Gasteiger partial charge in [0.2, 0.25) is 0 Å². The molecule has 0 aromatic heterocycles. The first-order chi connectivity index (χ1) is 11.0. The van der Waals surface area contributed by atoms with Crippen LogP contribution in [-0.4, -0.2) is 10.9 Å². The molecule has 0 radical (unpaired) electrons. The molecule has 0 aliphatic heterocycles. The molecule has 1 nitrogen and oxygen atoms in total.